The molecule has 1 saturated heterocycles. The molecule has 1 heterocycles. The molecule has 1 aliphatic heterocycles. The van der Waals surface area contributed by atoms with Crippen molar-refractivity contribution in [2.45, 2.75) is 26.3 Å². The Balaban J connectivity index is 2.08. The van der Waals surface area contributed by atoms with Crippen LogP contribution in [0.15, 0.2) is 54.8 Å². The maximum absolute atomic E-state index is 5.73. The Morgan fingerprint density at radius 3 is 2.45 bits per heavy atom. The summed E-state index contributed by atoms with van der Waals surface area (Å²) < 4.78 is 0. The van der Waals surface area contributed by atoms with Gasteiger partial charge in [0.25, 0.3) is 0 Å². The maximum atomic E-state index is 5.73. The minimum Gasteiger partial charge on any atom is -0.404 e. The lowest BCUT2D eigenvalue weighted by Gasteiger charge is -2.14. The van der Waals surface area contributed by atoms with Crippen LogP contribution < -0.4 is 5.73 Å². The SMILES string of the molecule is C=C/C(C)=C\C(=C/N)c1ccc(CN2CCCC2)cc1. The van der Waals surface area contributed by atoms with Gasteiger partial charge in [-0.2, -0.15) is 0 Å². The first-order valence-electron chi connectivity index (χ1n) is 7.27. The zero-order valence-corrected chi connectivity index (χ0v) is 12.3. The van der Waals surface area contributed by atoms with Crippen LogP contribution in [0.3, 0.4) is 0 Å². The predicted molar refractivity (Wildman–Crippen MR) is 87.1 cm³/mol. The summed E-state index contributed by atoms with van der Waals surface area (Å²) in [7, 11) is 0. The van der Waals surface area contributed by atoms with Crippen molar-refractivity contribution in [3.8, 4) is 0 Å². The minimum atomic E-state index is 1.04. The van der Waals surface area contributed by atoms with Gasteiger partial charge in [-0.3, -0.25) is 4.90 Å². The fourth-order valence-electron chi connectivity index (χ4n) is 2.53. The highest BCUT2D eigenvalue weighted by atomic mass is 15.1. The molecule has 20 heavy (non-hydrogen) atoms. The van der Waals surface area contributed by atoms with E-state index in [1.165, 1.54) is 31.5 Å². The third kappa shape index (κ3) is 3.84. The first kappa shape index (κ1) is 14.6. The molecule has 2 N–H and O–H groups in total. The molecule has 106 valence electrons. The fraction of sp³-hybridized carbons (Fsp3) is 0.333. The first-order chi connectivity index (χ1) is 9.72. The van der Waals surface area contributed by atoms with Crippen molar-refractivity contribution in [2.75, 3.05) is 13.1 Å². The molecule has 0 atom stereocenters. The van der Waals surface area contributed by atoms with Crippen LogP contribution in [-0.2, 0) is 6.54 Å². The van der Waals surface area contributed by atoms with E-state index in [1.54, 1.807) is 6.20 Å². The number of benzene rings is 1. The second-order valence-corrected chi connectivity index (χ2v) is 5.39. The van der Waals surface area contributed by atoms with Crippen LogP contribution in [0.5, 0.6) is 0 Å². The van der Waals surface area contributed by atoms with Crippen LogP contribution in [0, 0.1) is 0 Å². The summed E-state index contributed by atoms with van der Waals surface area (Å²) >= 11 is 0. The van der Waals surface area contributed by atoms with Crippen LogP contribution >= 0.6 is 0 Å². The van der Waals surface area contributed by atoms with Crippen molar-refractivity contribution in [2.24, 2.45) is 5.73 Å². The van der Waals surface area contributed by atoms with Crippen LogP contribution in [0.25, 0.3) is 5.57 Å². The molecule has 1 fully saturated rings. The Morgan fingerprint density at radius 1 is 1.25 bits per heavy atom. The second kappa shape index (κ2) is 7.11. The van der Waals surface area contributed by atoms with Gasteiger partial charge in [-0.15, -0.1) is 0 Å². The van der Waals surface area contributed by atoms with E-state index in [0.717, 1.165) is 23.3 Å². The van der Waals surface area contributed by atoms with Crippen molar-refractivity contribution < 1.29 is 0 Å². The molecule has 0 bridgehead atoms. The van der Waals surface area contributed by atoms with Gasteiger partial charge < -0.3 is 5.73 Å². The zero-order valence-electron chi connectivity index (χ0n) is 12.3. The van der Waals surface area contributed by atoms with Crippen molar-refractivity contribution >= 4 is 5.57 Å². The molecule has 0 unspecified atom stereocenters. The molecule has 2 nitrogen and oxygen atoms in total. The van der Waals surface area contributed by atoms with E-state index in [1.807, 2.05) is 13.0 Å². The third-order valence-electron chi connectivity index (χ3n) is 3.78. The largest absolute Gasteiger partial charge is 0.404 e. The highest BCUT2D eigenvalue weighted by molar-refractivity contribution is 5.74. The average molecular weight is 268 g/mol. The number of likely N-dealkylation sites (tertiary alicyclic amines) is 1. The van der Waals surface area contributed by atoms with Gasteiger partial charge in [-0.25, -0.2) is 0 Å². The van der Waals surface area contributed by atoms with Gasteiger partial charge in [0.15, 0.2) is 0 Å². The summed E-state index contributed by atoms with van der Waals surface area (Å²) in [4.78, 5) is 2.51. The molecule has 0 radical (unpaired) electrons. The summed E-state index contributed by atoms with van der Waals surface area (Å²) in [6.07, 6.45) is 8.23. The van der Waals surface area contributed by atoms with E-state index in [9.17, 15) is 0 Å². The van der Waals surface area contributed by atoms with Crippen molar-refractivity contribution in [1.82, 2.24) is 4.90 Å². The molecule has 0 saturated carbocycles. The lowest BCUT2D eigenvalue weighted by atomic mass is 10.0. The standard InChI is InChI=1S/C18H24N2/c1-3-15(2)12-18(13-19)17-8-6-16(7-9-17)14-20-10-4-5-11-20/h3,6-9,12-13H,1,4-5,10-11,14,19H2,2H3/b15-12-,18-13+. The number of allylic oxidation sites excluding steroid dienone is 4. The summed E-state index contributed by atoms with van der Waals surface area (Å²) in [5.41, 5.74) is 10.4. The van der Waals surface area contributed by atoms with E-state index >= 15 is 0 Å². The smallest absolute Gasteiger partial charge is 0.0233 e. The van der Waals surface area contributed by atoms with E-state index < -0.39 is 0 Å². The Labute approximate surface area is 122 Å². The maximum Gasteiger partial charge on any atom is 0.0233 e. The summed E-state index contributed by atoms with van der Waals surface area (Å²) in [5.74, 6) is 0. The molecule has 2 rings (SSSR count). The van der Waals surface area contributed by atoms with E-state index in [-0.39, 0.29) is 0 Å². The van der Waals surface area contributed by atoms with Gasteiger partial charge in [0.1, 0.15) is 0 Å². The van der Waals surface area contributed by atoms with Gasteiger partial charge in [0.2, 0.25) is 0 Å². The molecular formula is C18H24N2. The van der Waals surface area contributed by atoms with Crippen LogP contribution in [0.1, 0.15) is 30.9 Å². The van der Waals surface area contributed by atoms with Gasteiger partial charge >= 0.3 is 0 Å². The zero-order chi connectivity index (χ0) is 14.4. The molecule has 1 aromatic carbocycles. The molecule has 1 aromatic rings. The molecular weight excluding hydrogens is 244 g/mol. The van der Waals surface area contributed by atoms with Gasteiger partial charge in [0, 0.05) is 12.7 Å². The van der Waals surface area contributed by atoms with E-state index in [4.69, 9.17) is 5.73 Å². The second-order valence-electron chi connectivity index (χ2n) is 5.39. The van der Waals surface area contributed by atoms with Gasteiger partial charge in [-0.05, 0) is 49.6 Å². The van der Waals surface area contributed by atoms with Crippen molar-refractivity contribution in [3.63, 3.8) is 0 Å². The summed E-state index contributed by atoms with van der Waals surface area (Å²) in [6.45, 7) is 9.32. The Kier molecular flexibility index (Phi) is 5.19. The number of rotatable bonds is 5. The number of nitrogens with zero attached hydrogens (tertiary/aromatic N) is 1. The molecule has 0 spiro atoms. The lowest BCUT2D eigenvalue weighted by Crippen LogP contribution is -2.18. The monoisotopic (exact) mass is 268 g/mol. The molecule has 0 aliphatic carbocycles. The Bertz CT molecular complexity index is 503. The number of nitrogens with two attached hydrogens (primary N) is 1. The highest BCUT2D eigenvalue weighted by Gasteiger charge is 2.11. The van der Waals surface area contributed by atoms with E-state index in [0.29, 0.717) is 0 Å². The quantitative estimate of drug-likeness (QED) is 0.825. The summed E-state index contributed by atoms with van der Waals surface area (Å²) in [6, 6.07) is 8.70. The van der Waals surface area contributed by atoms with Crippen LogP contribution in [0.2, 0.25) is 0 Å². The Hall–Kier alpha value is -1.80. The van der Waals surface area contributed by atoms with Crippen LogP contribution in [0.4, 0.5) is 0 Å². The predicted octanol–water partition coefficient (Wildman–Crippen LogP) is 3.71. The Morgan fingerprint density at radius 2 is 1.90 bits per heavy atom. The number of hydrogen-bond acceptors (Lipinski definition) is 2. The van der Waals surface area contributed by atoms with E-state index in [2.05, 4.69) is 41.8 Å². The average Bonchev–Trinajstić information content (AvgIpc) is 2.98. The third-order valence-corrected chi connectivity index (χ3v) is 3.78. The molecule has 0 amide bonds. The topological polar surface area (TPSA) is 29.3 Å². The molecule has 0 aromatic heterocycles. The normalized spacial score (nSPS) is 17.4. The van der Waals surface area contributed by atoms with Crippen molar-refractivity contribution in [3.05, 3.63) is 65.9 Å². The highest BCUT2D eigenvalue weighted by Crippen LogP contribution is 2.19. The lowest BCUT2D eigenvalue weighted by molar-refractivity contribution is 0.331. The van der Waals surface area contributed by atoms with Crippen molar-refractivity contribution in [1.29, 1.82) is 0 Å². The first-order valence-corrected chi connectivity index (χ1v) is 7.27. The fourth-order valence-corrected chi connectivity index (χ4v) is 2.53. The molecule has 1 aliphatic rings. The van der Waals surface area contributed by atoms with Gasteiger partial charge in [0.05, 0.1) is 0 Å². The van der Waals surface area contributed by atoms with Gasteiger partial charge in [-0.1, -0.05) is 48.6 Å². The number of hydrogen-bond donors (Lipinski definition) is 1. The minimum absolute atomic E-state index is 1.04. The molecule has 2 heteroatoms. The summed E-state index contributed by atoms with van der Waals surface area (Å²) in [5, 5.41) is 0. The van der Waals surface area contributed by atoms with Crippen LogP contribution in [-0.4, -0.2) is 18.0 Å².